The number of amides is 2. The molecule has 1 aromatic rings. The van der Waals surface area contributed by atoms with Crippen LogP contribution in [0.3, 0.4) is 0 Å². The molecule has 3 nitrogen and oxygen atoms in total. The second-order valence-corrected chi connectivity index (χ2v) is 4.06. The lowest BCUT2D eigenvalue weighted by Gasteiger charge is -2.20. The molecule has 1 aliphatic carbocycles. The summed E-state index contributed by atoms with van der Waals surface area (Å²) in [6.45, 7) is 0. The Morgan fingerprint density at radius 2 is 1.93 bits per heavy atom. The second-order valence-electron chi connectivity index (χ2n) is 4.06. The van der Waals surface area contributed by atoms with Crippen molar-refractivity contribution in [1.29, 1.82) is 0 Å². The van der Waals surface area contributed by atoms with Crippen molar-refractivity contribution in [2.24, 2.45) is 5.73 Å². The Labute approximate surface area is 89.9 Å². The number of nitrogens with zero attached hydrogens (tertiary/aromatic N) is 1. The topological polar surface area (TPSA) is 46.3 Å². The van der Waals surface area contributed by atoms with Crippen LogP contribution in [0.25, 0.3) is 0 Å². The number of anilines is 1. The average molecular weight is 204 g/mol. The summed E-state index contributed by atoms with van der Waals surface area (Å²) >= 11 is 0. The Hall–Kier alpha value is -1.51. The van der Waals surface area contributed by atoms with Crippen molar-refractivity contribution in [3.8, 4) is 0 Å². The van der Waals surface area contributed by atoms with E-state index in [9.17, 15) is 4.79 Å². The zero-order valence-electron chi connectivity index (χ0n) is 8.99. The number of aryl methyl sites for hydroxylation is 2. The van der Waals surface area contributed by atoms with E-state index >= 15 is 0 Å². The fourth-order valence-electron chi connectivity index (χ4n) is 2.06. The molecular weight excluding hydrogens is 188 g/mol. The Morgan fingerprint density at radius 1 is 1.27 bits per heavy atom. The maximum Gasteiger partial charge on any atom is 0.318 e. The van der Waals surface area contributed by atoms with E-state index in [1.807, 2.05) is 6.07 Å². The van der Waals surface area contributed by atoms with Crippen LogP contribution < -0.4 is 10.6 Å². The van der Waals surface area contributed by atoms with Crippen LogP contribution in [0.1, 0.15) is 24.0 Å². The summed E-state index contributed by atoms with van der Waals surface area (Å²) in [5.41, 5.74) is 8.91. The molecule has 0 radical (unpaired) electrons. The number of nitrogens with two attached hydrogens (primary N) is 1. The Balaban J connectivity index is 2.31. The van der Waals surface area contributed by atoms with Crippen LogP contribution in [0.2, 0.25) is 0 Å². The van der Waals surface area contributed by atoms with Gasteiger partial charge in [0.2, 0.25) is 0 Å². The van der Waals surface area contributed by atoms with Crippen molar-refractivity contribution in [3.05, 3.63) is 29.3 Å². The molecule has 0 atom stereocenters. The summed E-state index contributed by atoms with van der Waals surface area (Å²) in [5.74, 6) is 0. The minimum absolute atomic E-state index is 0.411. The van der Waals surface area contributed by atoms with Crippen LogP contribution in [0, 0.1) is 0 Å². The van der Waals surface area contributed by atoms with Crippen LogP contribution in [-0.2, 0) is 12.8 Å². The summed E-state index contributed by atoms with van der Waals surface area (Å²) < 4.78 is 0. The third-order valence-electron chi connectivity index (χ3n) is 3.05. The third kappa shape index (κ3) is 1.96. The SMILES string of the molecule is CN(C(N)=O)c1ccc2c(c1)CCCC2. The number of hydrogen-bond donors (Lipinski definition) is 1. The second kappa shape index (κ2) is 3.93. The molecule has 0 unspecified atom stereocenters. The van der Waals surface area contributed by atoms with Crippen LogP contribution >= 0.6 is 0 Å². The predicted octanol–water partition coefficient (Wildman–Crippen LogP) is 2.08. The van der Waals surface area contributed by atoms with Crippen molar-refractivity contribution in [3.63, 3.8) is 0 Å². The molecule has 0 heterocycles. The van der Waals surface area contributed by atoms with Gasteiger partial charge in [0.1, 0.15) is 0 Å². The van der Waals surface area contributed by atoms with Gasteiger partial charge in [-0.15, -0.1) is 0 Å². The molecule has 0 fully saturated rings. The average Bonchev–Trinajstić information content (AvgIpc) is 2.27. The maximum atomic E-state index is 11.0. The molecule has 0 aromatic heterocycles. The van der Waals surface area contributed by atoms with Crippen molar-refractivity contribution in [2.45, 2.75) is 25.7 Å². The van der Waals surface area contributed by atoms with Gasteiger partial charge in [0, 0.05) is 12.7 Å². The molecule has 2 amide bonds. The molecule has 1 aromatic carbocycles. The lowest BCUT2D eigenvalue weighted by molar-refractivity contribution is 0.255. The van der Waals surface area contributed by atoms with Gasteiger partial charge >= 0.3 is 6.03 Å². The molecule has 2 rings (SSSR count). The van der Waals surface area contributed by atoms with Crippen LogP contribution in [0.15, 0.2) is 18.2 Å². The molecular formula is C12H16N2O. The van der Waals surface area contributed by atoms with Crippen LogP contribution in [0.5, 0.6) is 0 Å². The molecule has 3 heteroatoms. The number of urea groups is 1. The van der Waals surface area contributed by atoms with Gasteiger partial charge in [0.25, 0.3) is 0 Å². The van der Waals surface area contributed by atoms with Crippen molar-refractivity contribution < 1.29 is 4.79 Å². The van der Waals surface area contributed by atoms with Crippen molar-refractivity contribution in [2.75, 3.05) is 11.9 Å². The van der Waals surface area contributed by atoms with Gasteiger partial charge < -0.3 is 5.73 Å². The Bertz CT molecular complexity index is 387. The van der Waals surface area contributed by atoms with Crippen LogP contribution in [-0.4, -0.2) is 13.1 Å². The number of primary amides is 1. The number of hydrogen-bond acceptors (Lipinski definition) is 1. The van der Waals surface area contributed by atoms with Crippen LogP contribution in [0.4, 0.5) is 10.5 Å². The molecule has 0 saturated carbocycles. The molecule has 0 bridgehead atoms. The Kier molecular flexibility index (Phi) is 2.62. The monoisotopic (exact) mass is 204 g/mol. The molecule has 80 valence electrons. The van der Waals surface area contributed by atoms with Gasteiger partial charge in [0.15, 0.2) is 0 Å². The van der Waals surface area contributed by atoms with E-state index in [0.29, 0.717) is 0 Å². The first-order chi connectivity index (χ1) is 7.18. The number of rotatable bonds is 1. The molecule has 0 saturated heterocycles. The highest BCUT2D eigenvalue weighted by molar-refractivity contribution is 5.90. The third-order valence-corrected chi connectivity index (χ3v) is 3.05. The van der Waals surface area contributed by atoms with E-state index in [1.165, 1.54) is 28.9 Å². The maximum absolute atomic E-state index is 11.0. The zero-order chi connectivity index (χ0) is 10.8. The summed E-state index contributed by atoms with van der Waals surface area (Å²) in [6.07, 6.45) is 4.81. The van der Waals surface area contributed by atoms with Gasteiger partial charge in [-0.1, -0.05) is 6.07 Å². The zero-order valence-corrected chi connectivity index (χ0v) is 8.99. The molecule has 2 N–H and O–H groups in total. The summed E-state index contributed by atoms with van der Waals surface area (Å²) in [4.78, 5) is 12.5. The highest BCUT2D eigenvalue weighted by Gasteiger charge is 2.12. The molecule has 0 aliphatic heterocycles. The lowest BCUT2D eigenvalue weighted by atomic mass is 9.91. The minimum atomic E-state index is -0.411. The largest absolute Gasteiger partial charge is 0.351 e. The highest BCUT2D eigenvalue weighted by atomic mass is 16.2. The van der Waals surface area contributed by atoms with Gasteiger partial charge in [-0.05, 0) is 48.9 Å². The number of fused-ring (bicyclic) bond motifs is 1. The molecule has 0 spiro atoms. The first-order valence-electron chi connectivity index (χ1n) is 5.33. The fraction of sp³-hybridized carbons (Fsp3) is 0.417. The standard InChI is InChI=1S/C12H16N2O/c1-14(12(13)15)11-7-6-9-4-2-3-5-10(9)8-11/h6-8H,2-5H2,1H3,(H2,13,15). The van der Waals surface area contributed by atoms with Gasteiger partial charge in [-0.25, -0.2) is 4.79 Å². The van der Waals surface area contributed by atoms with E-state index in [0.717, 1.165) is 18.5 Å². The van der Waals surface area contributed by atoms with E-state index in [-0.39, 0.29) is 0 Å². The summed E-state index contributed by atoms with van der Waals surface area (Å²) in [7, 11) is 1.70. The van der Waals surface area contributed by atoms with E-state index in [4.69, 9.17) is 5.73 Å². The quantitative estimate of drug-likeness (QED) is 0.748. The molecule has 15 heavy (non-hydrogen) atoms. The first-order valence-corrected chi connectivity index (χ1v) is 5.33. The molecule has 1 aliphatic rings. The normalized spacial score (nSPS) is 14.5. The van der Waals surface area contributed by atoms with Crippen molar-refractivity contribution >= 4 is 11.7 Å². The van der Waals surface area contributed by atoms with E-state index < -0.39 is 6.03 Å². The van der Waals surface area contributed by atoms with Gasteiger partial charge in [-0.3, -0.25) is 4.90 Å². The first kappa shape index (κ1) is 10.0. The number of benzene rings is 1. The summed E-state index contributed by atoms with van der Waals surface area (Å²) in [5, 5.41) is 0. The highest BCUT2D eigenvalue weighted by Crippen LogP contribution is 2.25. The smallest absolute Gasteiger partial charge is 0.318 e. The van der Waals surface area contributed by atoms with E-state index in [2.05, 4.69) is 12.1 Å². The number of carbonyl (C=O) groups is 1. The van der Waals surface area contributed by atoms with Crippen molar-refractivity contribution in [1.82, 2.24) is 0 Å². The minimum Gasteiger partial charge on any atom is -0.351 e. The summed E-state index contributed by atoms with van der Waals surface area (Å²) in [6, 6.07) is 5.75. The number of carbonyl (C=O) groups excluding carboxylic acids is 1. The predicted molar refractivity (Wildman–Crippen MR) is 61.1 cm³/mol. The van der Waals surface area contributed by atoms with Gasteiger partial charge in [-0.2, -0.15) is 0 Å². The van der Waals surface area contributed by atoms with Gasteiger partial charge in [0.05, 0.1) is 0 Å². The van der Waals surface area contributed by atoms with E-state index in [1.54, 1.807) is 7.05 Å². The Morgan fingerprint density at radius 3 is 2.60 bits per heavy atom. The lowest BCUT2D eigenvalue weighted by Crippen LogP contribution is -2.31. The fourth-order valence-corrected chi connectivity index (χ4v) is 2.06.